The molecule has 0 heterocycles. The first kappa shape index (κ1) is 17.0. The van der Waals surface area contributed by atoms with Crippen LogP contribution in [0.5, 0.6) is 5.75 Å². The molecule has 0 aromatic heterocycles. The second-order valence-electron chi connectivity index (χ2n) is 4.48. The molecule has 1 rings (SSSR count). The van der Waals surface area contributed by atoms with Gasteiger partial charge in [-0.2, -0.15) is 0 Å². The quantitative estimate of drug-likeness (QED) is 0.544. The van der Waals surface area contributed by atoms with Crippen molar-refractivity contribution < 1.29 is 23.8 Å². The molecule has 1 atom stereocenters. The average molecular weight is 294 g/mol. The molecule has 0 radical (unpaired) electrons. The minimum absolute atomic E-state index is 0.237. The van der Waals surface area contributed by atoms with Crippen LogP contribution in [0.25, 0.3) is 0 Å². The fourth-order valence-electron chi connectivity index (χ4n) is 1.83. The standard InChI is InChI=1S/C16H22O5/c1-4-14(15(17)20-5-2)16(18)21-11-10-12-6-8-13(19-3)9-7-12/h6-9,14H,4-5,10-11H2,1-3H3. The van der Waals surface area contributed by atoms with E-state index in [4.69, 9.17) is 14.2 Å². The van der Waals surface area contributed by atoms with Crippen LogP contribution in [0.3, 0.4) is 0 Å². The summed E-state index contributed by atoms with van der Waals surface area (Å²) in [5, 5.41) is 0. The Hall–Kier alpha value is -2.04. The largest absolute Gasteiger partial charge is 0.497 e. The second-order valence-corrected chi connectivity index (χ2v) is 4.48. The van der Waals surface area contributed by atoms with Crippen LogP contribution in [0.4, 0.5) is 0 Å². The maximum Gasteiger partial charge on any atom is 0.320 e. The monoisotopic (exact) mass is 294 g/mol. The smallest absolute Gasteiger partial charge is 0.320 e. The maximum atomic E-state index is 11.8. The van der Waals surface area contributed by atoms with Crippen molar-refractivity contribution in [2.75, 3.05) is 20.3 Å². The molecule has 1 unspecified atom stereocenters. The molecule has 0 bridgehead atoms. The zero-order valence-corrected chi connectivity index (χ0v) is 12.8. The van der Waals surface area contributed by atoms with Crippen LogP contribution in [-0.4, -0.2) is 32.3 Å². The Bertz CT molecular complexity index is 452. The Morgan fingerprint density at radius 2 is 1.67 bits per heavy atom. The normalized spacial score (nSPS) is 11.6. The minimum atomic E-state index is -0.833. The van der Waals surface area contributed by atoms with Gasteiger partial charge in [0.25, 0.3) is 0 Å². The predicted octanol–water partition coefficient (Wildman–Crippen LogP) is 2.37. The van der Waals surface area contributed by atoms with Gasteiger partial charge in [0, 0.05) is 6.42 Å². The van der Waals surface area contributed by atoms with E-state index in [0.717, 1.165) is 11.3 Å². The Morgan fingerprint density at radius 1 is 1.05 bits per heavy atom. The highest BCUT2D eigenvalue weighted by Crippen LogP contribution is 2.12. The summed E-state index contributed by atoms with van der Waals surface area (Å²) in [6.07, 6.45) is 0.967. The second kappa shape index (κ2) is 9.00. The van der Waals surface area contributed by atoms with E-state index in [1.54, 1.807) is 21.0 Å². The number of esters is 2. The number of rotatable bonds is 8. The topological polar surface area (TPSA) is 61.8 Å². The van der Waals surface area contributed by atoms with Crippen molar-refractivity contribution in [1.29, 1.82) is 0 Å². The number of ether oxygens (including phenoxy) is 3. The lowest BCUT2D eigenvalue weighted by atomic mass is 10.1. The first-order valence-corrected chi connectivity index (χ1v) is 7.08. The third kappa shape index (κ3) is 5.45. The number of methoxy groups -OCH3 is 1. The predicted molar refractivity (Wildman–Crippen MR) is 78.1 cm³/mol. The van der Waals surface area contributed by atoms with E-state index in [9.17, 15) is 9.59 Å². The molecule has 1 aromatic rings. The van der Waals surface area contributed by atoms with Gasteiger partial charge in [0.15, 0.2) is 5.92 Å². The molecule has 0 fully saturated rings. The lowest BCUT2D eigenvalue weighted by Crippen LogP contribution is -2.28. The van der Waals surface area contributed by atoms with Gasteiger partial charge in [-0.3, -0.25) is 9.59 Å². The van der Waals surface area contributed by atoms with Crippen molar-refractivity contribution in [1.82, 2.24) is 0 Å². The number of benzene rings is 1. The Balaban J connectivity index is 2.42. The summed E-state index contributed by atoms with van der Waals surface area (Å²) in [5.41, 5.74) is 1.03. The molecule has 0 saturated heterocycles. The zero-order chi connectivity index (χ0) is 15.7. The lowest BCUT2D eigenvalue weighted by molar-refractivity contribution is -0.161. The number of hydrogen-bond donors (Lipinski definition) is 0. The fourth-order valence-corrected chi connectivity index (χ4v) is 1.83. The number of carbonyl (C=O) groups excluding carboxylic acids is 2. The molecule has 0 aliphatic heterocycles. The lowest BCUT2D eigenvalue weighted by Gasteiger charge is -2.13. The van der Waals surface area contributed by atoms with Crippen LogP contribution in [0, 0.1) is 5.92 Å². The van der Waals surface area contributed by atoms with Crippen LogP contribution >= 0.6 is 0 Å². The van der Waals surface area contributed by atoms with Gasteiger partial charge in [0.05, 0.1) is 20.3 Å². The van der Waals surface area contributed by atoms with Crippen LogP contribution in [0.15, 0.2) is 24.3 Å². The molecule has 1 aromatic carbocycles. The summed E-state index contributed by atoms with van der Waals surface area (Å²) in [7, 11) is 1.61. The van der Waals surface area contributed by atoms with E-state index in [1.807, 2.05) is 24.3 Å². The van der Waals surface area contributed by atoms with Crippen molar-refractivity contribution in [2.24, 2.45) is 5.92 Å². The fraction of sp³-hybridized carbons (Fsp3) is 0.500. The third-order valence-corrected chi connectivity index (χ3v) is 3.06. The van der Waals surface area contributed by atoms with Crippen molar-refractivity contribution >= 4 is 11.9 Å². The summed E-state index contributed by atoms with van der Waals surface area (Å²) in [6.45, 7) is 3.96. The number of carbonyl (C=O) groups is 2. The molecule has 5 heteroatoms. The molecule has 0 N–H and O–H groups in total. The molecule has 0 aliphatic carbocycles. The van der Waals surface area contributed by atoms with E-state index >= 15 is 0 Å². The summed E-state index contributed by atoms with van der Waals surface area (Å²) in [5.74, 6) is -1.09. The van der Waals surface area contributed by atoms with Crippen LogP contribution in [-0.2, 0) is 25.5 Å². The van der Waals surface area contributed by atoms with Crippen molar-refractivity contribution in [3.63, 3.8) is 0 Å². The third-order valence-electron chi connectivity index (χ3n) is 3.06. The molecule has 0 amide bonds. The zero-order valence-electron chi connectivity index (χ0n) is 12.8. The molecular weight excluding hydrogens is 272 g/mol. The average Bonchev–Trinajstić information content (AvgIpc) is 2.49. The Labute approximate surface area is 125 Å². The van der Waals surface area contributed by atoms with Gasteiger partial charge in [-0.05, 0) is 31.0 Å². The van der Waals surface area contributed by atoms with Gasteiger partial charge in [-0.25, -0.2) is 0 Å². The van der Waals surface area contributed by atoms with Crippen molar-refractivity contribution in [2.45, 2.75) is 26.7 Å². The Morgan fingerprint density at radius 3 is 2.19 bits per heavy atom. The SMILES string of the molecule is CCOC(=O)C(CC)C(=O)OCCc1ccc(OC)cc1. The molecule has 0 aliphatic rings. The summed E-state index contributed by atoms with van der Waals surface area (Å²) >= 11 is 0. The Kier molecular flexibility index (Phi) is 7.29. The van der Waals surface area contributed by atoms with Crippen molar-refractivity contribution in [3.8, 4) is 5.75 Å². The molecule has 5 nitrogen and oxygen atoms in total. The maximum absolute atomic E-state index is 11.8. The van der Waals surface area contributed by atoms with E-state index in [-0.39, 0.29) is 13.2 Å². The van der Waals surface area contributed by atoms with Gasteiger partial charge < -0.3 is 14.2 Å². The van der Waals surface area contributed by atoms with Gasteiger partial charge in [-0.1, -0.05) is 19.1 Å². The first-order valence-electron chi connectivity index (χ1n) is 7.08. The van der Waals surface area contributed by atoms with Gasteiger partial charge in [-0.15, -0.1) is 0 Å². The highest BCUT2D eigenvalue weighted by Gasteiger charge is 2.27. The van der Waals surface area contributed by atoms with Crippen LogP contribution < -0.4 is 4.74 Å². The summed E-state index contributed by atoms with van der Waals surface area (Å²) in [6, 6.07) is 7.53. The van der Waals surface area contributed by atoms with E-state index in [1.165, 1.54) is 0 Å². The minimum Gasteiger partial charge on any atom is -0.497 e. The molecule has 0 saturated carbocycles. The highest BCUT2D eigenvalue weighted by atomic mass is 16.6. The van der Waals surface area contributed by atoms with E-state index < -0.39 is 17.9 Å². The first-order chi connectivity index (χ1) is 10.1. The van der Waals surface area contributed by atoms with Crippen molar-refractivity contribution in [3.05, 3.63) is 29.8 Å². The molecule has 21 heavy (non-hydrogen) atoms. The summed E-state index contributed by atoms with van der Waals surface area (Å²) < 4.78 is 15.1. The van der Waals surface area contributed by atoms with Gasteiger partial charge >= 0.3 is 11.9 Å². The van der Waals surface area contributed by atoms with E-state index in [2.05, 4.69) is 0 Å². The van der Waals surface area contributed by atoms with Gasteiger partial charge in [0.2, 0.25) is 0 Å². The van der Waals surface area contributed by atoms with E-state index in [0.29, 0.717) is 12.8 Å². The summed E-state index contributed by atoms with van der Waals surface area (Å²) in [4.78, 5) is 23.4. The molecule has 116 valence electrons. The van der Waals surface area contributed by atoms with Gasteiger partial charge in [0.1, 0.15) is 5.75 Å². The van der Waals surface area contributed by atoms with Crippen LogP contribution in [0.2, 0.25) is 0 Å². The molecule has 0 spiro atoms. The highest BCUT2D eigenvalue weighted by molar-refractivity contribution is 5.94. The number of hydrogen-bond acceptors (Lipinski definition) is 5. The van der Waals surface area contributed by atoms with Crippen LogP contribution in [0.1, 0.15) is 25.8 Å². The molecular formula is C16H22O5.